The maximum atomic E-state index is 14.0. The van der Waals surface area contributed by atoms with Gasteiger partial charge in [-0.15, -0.1) is 0 Å². The highest BCUT2D eigenvalue weighted by Crippen LogP contribution is 2.48. The van der Waals surface area contributed by atoms with Crippen molar-refractivity contribution in [1.82, 2.24) is 10.3 Å². The maximum absolute atomic E-state index is 14.0. The van der Waals surface area contributed by atoms with E-state index in [4.69, 9.17) is 9.47 Å². The van der Waals surface area contributed by atoms with Crippen molar-refractivity contribution in [3.63, 3.8) is 0 Å². The summed E-state index contributed by atoms with van der Waals surface area (Å²) >= 11 is 0. The van der Waals surface area contributed by atoms with Gasteiger partial charge in [0.15, 0.2) is 0 Å². The minimum absolute atomic E-state index is 0.138. The third-order valence-corrected chi connectivity index (χ3v) is 10.7. The van der Waals surface area contributed by atoms with Crippen molar-refractivity contribution in [2.24, 2.45) is 0 Å². The summed E-state index contributed by atoms with van der Waals surface area (Å²) in [5.74, 6) is -0.167. The molecule has 2 fully saturated rings. The van der Waals surface area contributed by atoms with Crippen molar-refractivity contribution in [2.45, 2.75) is 84.7 Å². The minimum atomic E-state index is -0.167. The number of nitrogens with one attached hydrogen (secondary N) is 2. The summed E-state index contributed by atoms with van der Waals surface area (Å²) in [6.45, 7) is 16.6. The first-order valence-corrected chi connectivity index (χ1v) is 17.2. The summed E-state index contributed by atoms with van der Waals surface area (Å²) in [5, 5.41) is 3.10. The third-order valence-electron chi connectivity index (χ3n) is 10.7. The van der Waals surface area contributed by atoms with Gasteiger partial charge in [-0.1, -0.05) is 19.1 Å². The van der Waals surface area contributed by atoms with E-state index in [0.29, 0.717) is 17.2 Å². The molecule has 2 N–H and O–H groups in total. The van der Waals surface area contributed by atoms with Gasteiger partial charge in [-0.3, -0.25) is 9.59 Å². The highest BCUT2D eigenvalue weighted by atomic mass is 16.5. The van der Waals surface area contributed by atoms with Crippen LogP contribution in [-0.4, -0.2) is 63.0 Å². The highest BCUT2D eigenvalue weighted by molar-refractivity contribution is 5.99. The number of hydrogen-bond acceptors (Lipinski definition) is 6. The average Bonchev–Trinajstić information content (AvgIpc) is 3.37. The number of nitrogens with zero attached hydrogens (tertiary/aromatic N) is 2. The van der Waals surface area contributed by atoms with Gasteiger partial charge in [0.1, 0.15) is 0 Å². The zero-order chi connectivity index (χ0) is 32.4. The van der Waals surface area contributed by atoms with Gasteiger partial charge in [0.2, 0.25) is 0 Å². The summed E-state index contributed by atoms with van der Waals surface area (Å²) in [4.78, 5) is 34.8. The van der Waals surface area contributed by atoms with Crippen molar-refractivity contribution >= 4 is 17.3 Å². The zero-order valence-electron chi connectivity index (χ0n) is 28.3. The summed E-state index contributed by atoms with van der Waals surface area (Å²) < 4.78 is 11.5. The molecule has 0 unspecified atom stereocenters. The van der Waals surface area contributed by atoms with Crippen molar-refractivity contribution in [2.75, 3.05) is 55.9 Å². The lowest BCUT2D eigenvalue weighted by Gasteiger charge is -2.37. The fourth-order valence-electron chi connectivity index (χ4n) is 7.91. The Hall–Kier alpha value is -3.62. The average molecular weight is 627 g/mol. The van der Waals surface area contributed by atoms with E-state index in [0.717, 1.165) is 112 Å². The molecule has 2 aromatic carbocycles. The van der Waals surface area contributed by atoms with Crippen molar-refractivity contribution in [3.8, 4) is 11.1 Å². The fourth-order valence-corrected chi connectivity index (χ4v) is 7.91. The van der Waals surface area contributed by atoms with E-state index in [1.165, 1.54) is 11.3 Å². The standard InChI is InChI=1S/C38H50N4O4/c1-6-29-19-25(4)32(37(44)40-29)23-39-36(43)31-20-28(22-34(26(31)5)42(8-3)30-11-15-45-16-12-30)27-9-10-33-35(21-27)41(7-2)24-38(33)13-17-46-18-14-38/h9-10,19-22,30H,6-8,11-18,23-24H2,1-5H3,(H,39,43)(H,40,44). The molecule has 3 aliphatic rings. The molecule has 0 aliphatic carbocycles. The van der Waals surface area contributed by atoms with Crippen LogP contribution in [0.2, 0.25) is 0 Å². The molecule has 0 atom stereocenters. The number of ether oxygens (including phenoxy) is 2. The van der Waals surface area contributed by atoms with E-state index in [2.05, 4.69) is 65.1 Å². The van der Waals surface area contributed by atoms with Gasteiger partial charge in [0.05, 0.1) is 0 Å². The number of H-pyrrole nitrogens is 1. The summed E-state index contributed by atoms with van der Waals surface area (Å²) in [5.41, 5.74) is 9.97. The van der Waals surface area contributed by atoms with Crippen LogP contribution in [0.4, 0.5) is 11.4 Å². The van der Waals surface area contributed by atoms with Gasteiger partial charge in [0, 0.05) is 92.3 Å². The van der Waals surface area contributed by atoms with Gasteiger partial charge in [0.25, 0.3) is 11.5 Å². The SMILES string of the molecule is CCc1cc(C)c(CNC(=O)c2cc(-c3ccc4c(c3)N(CC)CC43CCOCC3)cc(N(CC)C3CCOCC3)c2C)c(=O)[nH]1. The Morgan fingerprint density at radius 1 is 1.00 bits per heavy atom. The number of aromatic amines is 1. The maximum Gasteiger partial charge on any atom is 0.253 e. The van der Waals surface area contributed by atoms with Crippen molar-refractivity contribution < 1.29 is 14.3 Å². The molecule has 0 saturated carbocycles. The highest BCUT2D eigenvalue weighted by Gasteiger charge is 2.43. The summed E-state index contributed by atoms with van der Waals surface area (Å²) in [7, 11) is 0. The van der Waals surface area contributed by atoms with Crippen LogP contribution in [0.25, 0.3) is 11.1 Å². The molecule has 8 nitrogen and oxygen atoms in total. The number of anilines is 2. The molecule has 8 heteroatoms. The second kappa shape index (κ2) is 13.6. The van der Waals surface area contributed by atoms with E-state index in [1.807, 2.05) is 26.0 Å². The molecule has 46 heavy (non-hydrogen) atoms. The number of fused-ring (bicyclic) bond motifs is 2. The molecular weight excluding hydrogens is 576 g/mol. The van der Waals surface area contributed by atoms with Gasteiger partial charge < -0.3 is 29.6 Å². The number of carbonyl (C=O) groups excluding carboxylic acids is 1. The van der Waals surface area contributed by atoms with E-state index in [9.17, 15) is 9.59 Å². The van der Waals surface area contributed by atoms with Crippen molar-refractivity contribution in [3.05, 3.63) is 80.3 Å². The first-order valence-electron chi connectivity index (χ1n) is 17.2. The van der Waals surface area contributed by atoms with Crippen LogP contribution in [0.15, 0.2) is 41.2 Å². The number of benzene rings is 2. The van der Waals surface area contributed by atoms with Crippen LogP contribution in [0.1, 0.15) is 84.8 Å². The number of aromatic nitrogens is 1. The number of carbonyl (C=O) groups is 1. The Kier molecular flexibility index (Phi) is 9.57. The second-order valence-electron chi connectivity index (χ2n) is 13.3. The quantitative estimate of drug-likeness (QED) is 0.301. The van der Waals surface area contributed by atoms with E-state index in [-0.39, 0.29) is 23.4 Å². The third kappa shape index (κ3) is 6.09. The number of amides is 1. The molecule has 6 rings (SSSR count). The summed E-state index contributed by atoms with van der Waals surface area (Å²) in [6, 6.07) is 13.6. The van der Waals surface area contributed by atoms with Crippen LogP contribution < -0.4 is 20.7 Å². The minimum Gasteiger partial charge on any atom is -0.381 e. The molecule has 4 heterocycles. The molecule has 1 aromatic heterocycles. The van der Waals surface area contributed by atoms with Gasteiger partial charge in [-0.2, -0.15) is 0 Å². The largest absolute Gasteiger partial charge is 0.381 e. The lowest BCUT2D eigenvalue weighted by atomic mass is 9.75. The zero-order valence-corrected chi connectivity index (χ0v) is 28.3. The Bertz CT molecular complexity index is 1630. The molecule has 0 bridgehead atoms. The Morgan fingerprint density at radius 2 is 1.74 bits per heavy atom. The number of hydrogen-bond donors (Lipinski definition) is 2. The number of rotatable bonds is 9. The molecule has 246 valence electrons. The van der Waals surface area contributed by atoms with Crippen molar-refractivity contribution in [1.29, 1.82) is 0 Å². The smallest absolute Gasteiger partial charge is 0.253 e. The Balaban J connectivity index is 1.40. The van der Waals surface area contributed by atoms with Crippen LogP contribution >= 0.6 is 0 Å². The molecular formula is C38H50N4O4. The van der Waals surface area contributed by atoms with E-state index in [1.54, 1.807) is 0 Å². The number of aryl methyl sites for hydroxylation is 2. The van der Waals surface area contributed by atoms with E-state index >= 15 is 0 Å². The van der Waals surface area contributed by atoms with Crippen LogP contribution in [-0.2, 0) is 27.9 Å². The normalized spacial score (nSPS) is 17.7. The predicted octanol–water partition coefficient (Wildman–Crippen LogP) is 6.04. The van der Waals surface area contributed by atoms with Gasteiger partial charge in [-0.05, 0) is 112 Å². The summed E-state index contributed by atoms with van der Waals surface area (Å²) in [6.07, 6.45) is 4.78. The molecule has 0 radical (unpaired) electrons. The Morgan fingerprint density at radius 3 is 2.41 bits per heavy atom. The lowest BCUT2D eigenvalue weighted by Crippen LogP contribution is -2.40. The number of pyridine rings is 1. The van der Waals surface area contributed by atoms with Crippen LogP contribution in [0, 0.1) is 13.8 Å². The number of likely N-dealkylation sites (N-methyl/N-ethyl adjacent to an activating group) is 1. The topological polar surface area (TPSA) is 86.9 Å². The van der Waals surface area contributed by atoms with Gasteiger partial charge in [-0.25, -0.2) is 0 Å². The molecule has 3 aromatic rings. The predicted molar refractivity (Wildman–Crippen MR) is 185 cm³/mol. The fraction of sp³-hybridized carbons (Fsp3) is 0.526. The van der Waals surface area contributed by atoms with Crippen LogP contribution in [0.5, 0.6) is 0 Å². The first-order chi connectivity index (χ1) is 22.3. The monoisotopic (exact) mass is 626 g/mol. The molecule has 2 saturated heterocycles. The molecule has 1 amide bonds. The molecule has 3 aliphatic heterocycles. The van der Waals surface area contributed by atoms with Gasteiger partial charge >= 0.3 is 0 Å². The Labute approximate surface area is 273 Å². The molecule has 1 spiro atoms. The van der Waals surface area contributed by atoms with Crippen LogP contribution in [0.3, 0.4) is 0 Å². The van der Waals surface area contributed by atoms with E-state index < -0.39 is 0 Å². The first kappa shape index (κ1) is 32.3. The lowest BCUT2D eigenvalue weighted by molar-refractivity contribution is 0.0554. The second-order valence-corrected chi connectivity index (χ2v) is 13.3.